The Morgan fingerprint density at radius 1 is 0.917 bits per heavy atom. The molecule has 0 aliphatic rings. The smallest absolute Gasteiger partial charge is 0.347 e. The summed E-state index contributed by atoms with van der Waals surface area (Å²) >= 11 is 0. The van der Waals surface area contributed by atoms with E-state index in [2.05, 4.69) is 4.98 Å². The molecular formula is C20H17NO3. The molecule has 0 amide bonds. The topological polar surface area (TPSA) is 48.4 Å². The summed E-state index contributed by atoms with van der Waals surface area (Å²) in [5.74, 6) is 0.606. The third-order valence-electron chi connectivity index (χ3n) is 3.55. The van der Waals surface area contributed by atoms with E-state index < -0.39 is 5.97 Å². The van der Waals surface area contributed by atoms with Crippen LogP contribution in [0.1, 0.15) is 21.5 Å². The Labute approximate surface area is 140 Å². The average molecular weight is 319 g/mol. The lowest BCUT2D eigenvalue weighted by molar-refractivity contribution is 0.0728. The molecule has 0 radical (unpaired) electrons. The van der Waals surface area contributed by atoms with Crippen molar-refractivity contribution in [2.75, 3.05) is 0 Å². The fourth-order valence-electron chi connectivity index (χ4n) is 2.23. The maximum absolute atomic E-state index is 12.5. The van der Waals surface area contributed by atoms with Crippen LogP contribution in [-0.2, 0) is 6.61 Å². The molecule has 4 heteroatoms. The van der Waals surface area contributed by atoms with Crippen molar-refractivity contribution >= 4 is 5.97 Å². The second kappa shape index (κ2) is 7.42. The van der Waals surface area contributed by atoms with Gasteiger partial charge in [-0.15, -0.1) is 0 Å². The van der Waals surface area contributed by atoms with Crippen molar-refractivity contribution in [1.29, 1.82) is 0 Å². The highest BCUT2D eigenvalue weighted by Crippen LogP contribution is 2.23. The number of nitrogens with zero attached hydrogens (tertiary/aromatic N) is 1. The summed E-state index contributed by atoms with van der Waals surface area (Å²) in [6, 6.07) is 18.2. The molecule has 0 saturated carbocycles. The second-order valence-electron chi connectivity index (χ2n) is 5.30. The summed E-state index contributed by atoms with van der Waals surface area (Å²) in [5.41, 5.74) is 2.28. The lowest BCUT2D eigenvalue weighted by Gasteiger charge is -2.12. The Morgan fingerprint density at radius 2 is 1.58 bits per heavy atom. The van der Waals surface area contributed by atoms with Crippen molar-refractivity contribution in [3.05, 3.63) is 89.7 Å². The van der Waals surface area contributed by atoms with Gasteiger partial charge in [-0.25, -0.2) is 4.79 Å². The highest BCUT2D eigenvalue weighted by Gasteiger charge is 2.15. The van der Waals surface area contributed by atoms with Crippen LogP contribution in [-0.4, -0.2) is 11.0 Å². The molecule has 0 unspecified atom stereocenters. The molecule has 0 aliphatic heterocycles. The summed E-state index contributed by atoms with van der Waals surface area (Å²) < 4.78 is 11.3. The number of rotatable bonds is 5. The minimum Gasteiger partial charge on any atom is -0.488 e. The number of carbonyl (C=O) groups is 1. The Morgan fingerprint density at radius 3 is 2.33 bits per heavy atom. The molecule has 1 heterocycles. The summed E-state index contributed by atoms with van der Waals surface area (Å²) in [7, 11) is 0. The molecule has 0 spiro atoms. The van der Waals surface area contributed by atoms with Gasteiger partial charge in [-0.2, -0.15) is 0 Å². The predicted molar refractivity (Wildman–Crippen MR) is 91.1 cm³/mol. The molecule has 0 N–H and O–H groups in total. The van der Waals surface area contributed by atoms with E-state index in [1.54, 1.807) is 36.7 Å². The van der Waals surface area contributed by atoms with Gasteiger partial charge < -0.3 is 9.47 Å². The molecule has 0 bridgehead atoms. The van der Waals surface area contributed by atoms with Crippen LogP contribution in [0.25, 0.3) is 0 Å². The first-order valence-electron chi connectivity index (χ1n) is 7.62. The summed E-state index contributed by atoms with van der Waals surface area (Å²) in [5, 5.41) is 0. The van der Waals surface area contributed by atoms with Crippen LogP contribution < -0.4 is 9.47 Å². The first-order chi connectivity index (χ1) is 11.7. The van der Waals surface area contributed by atoms with E-state index in [-0.39, 0.29) is 0 Å². The number of hydrogen-bond donors (Lipinski definition) is 0. The van der Waals surface area contributed by atoms with Gasteiger partial charge in [-0.05, 0) is 48.4 Å². The molecule has 0 fully saturated rings. The number of pyridine rings is 1. The van der Waals surface area contributed by atoms with Crippen molar-refractivity contribution < 1.29 is 14.3 Å². The lowest BCUT2D eigenvalue weighted by Crippen LogP contribution is -2.11. The van der Waals surface area contributed by atoms with Gasteiger partial charge in [-0.3, -0.25) is 4.98 Å². The van der Waals surface area contributed by atoms with Gasteiger partial charge in [0.05, 0.1) is 0 Å². The molecule has 120 valence electrons. The zero-order valence-corrected chi connectivity index (χ0v) is 13.3. The summed E-state index contributed by atoms with van der Waals surface area (Å²) in [6.07, 6.45) is 3.41. The highest BCUT2D eigenvalue weighted by molar-refractivity contribution is 5.94. The monoisotopic (exact) mass is 319 g/mol. The van der Waals surface area contributed by atoms with Crippen LogP contribution in [0.15, 0.2) is 73.1 Å². The zero-order chi connectivity index (χ0) is 16.8. The van der Waals surface area contributed by atoms with Crippen LogP contribution in [0.2, 0.25) is 0 Å². The van der Waals surface area contributed by atoms with Gasteiger partial charge in [0.2, 0.25) is 0 Å². The fourth-order valence-corrected chi connectivity index (χ4v) is 2.23. The van der Waals surface area contributed by atoms with E-state index in [1.165, 1.54) is 0 Å². The van der Waals surface area contributed by atoms with Crippen molar-refractivity contribution in [2.45, 2.75) is 13.5 Å². The third-order valence-corrected chi connectivity index (χ3v) is 3.55. The highest BCUT2D eigenvalue weighted by atomic mass is 16.5. The van der Waals surface area contributed by atoms with Gasteiger partial charge in [0.1, 0.15) is 23.7 Å². The largest absolute Gasteiger partial charge is 0.488 e. The first-order valence-corrected chi connectivity index (χ1v) is 7.62. The van der Waals surface area contributed by atoms with Crippen LogP contribution in [0.3, 0.4) is 0 Å². The predicted octanol–water partition coefficient (Wildman–Crippen LogP) is 4.19. The van der Waals surface area contributed by atoms with Crippen molar-refractivity contribution in [1.82, 2.24) is 4.98 Å². The summed E-state index contributed by atoms with van der Waals surface area (Å²) in [4.78, 5) is 16.5. The van der Waals surface area contributed by atoms with E-state index in [1.807, 2.05) is 43.3 Å². The van der Waals surface area contributed by atoms with E-state index in [9.17, 15) is 4.79 Å². The fraction of sp³-hybridized carbons (Fsp3) is 0.100. The molecule has 3 aromatic rings. The number of benzene rings is 2. The van der Waals surface area contributed by atoms with Crippen molar-refractivity contribution in [3.63, 3.8) is 0 Å². The van der Waals surface area contributed by atoms with Crippen molar-refractivity contribution in [2.24, 2.45) is 0 Å². The third kappa shape index (κ3) is 3.79. The second-order valence-corrected chi connectivity index (χ2v) is 5.30. The van der Waals surface area contributed by atoms with Crippen LogP contribution in [0, 0.1) is 6.92 Å². The van der Waals surface area contributed by atoms with Gasteiger partial charge in [-0.1, -0.05) is 30.3 Å². The van der Waals surface area contributed by atoms with Gasteiger partial charge in [0.15, 0.2) is 0 Å². The Balaban J connectivity index is 1.76. The quantitative estimate of drug-likeness (QED) is 0.523. The molecule has 0 atom stereocenters. The summed E-state index contributed by atoms with van der Waals surface area (Å²) in [6.45, 7) is 2.26. The standard InChI is InChI=1S/C20H17NO3/c1-15-6-2-4-8-18(15)24-20(22)17-7-3-5-9-19(17)23-14-16-10-12-21-13-11-16/h2-13H,14H2,1H3. The van der Waals surface area contributed by atoms with E-state index >= 15 is 0 Å². The Bertz CT molecular complexity index is 831. The molecule has 0 aliphatic carbocycles. The van der Waals surface area contributed by atoms with Crippen LogP contribution in [0.4, 0.5) is 0 Å². The van der Waals surface area contributed by atoms with E-state index in [4.69, 9.17) is 9.47 Å². The Hall–Kier alpha value is -3.14. The normalized spacial score (nSPS) is 10.2. The molecule has 4 nitrogen and oxygen atoms in total. The lowest BCUT2D eigenvalue weighted by atomic mass is 10.2. The van der Waals surface area contributed by atoms with Gasteiger partial charge >= 0.3 is 5.97 Å². The number of hydrogen-bond acceptors (Lipinski definition) is 4. The molecule has 2 aromatic carbocycles. The van der Waals surface area contributed by atoms with Crippen LogP contribution >= 0.6 is 0 Å². The maximum atomic E-state index is 12.5. The number of ether oxygens (including phenoxy) is 2. The SMILES string of the molecule is Cc1ccccc1OC(=O)c1ccccc1OCc1ccncc1. The number of esters is 1. The first kappa shape index (κ1) is 15.7. The van der Waals surface area contributed by atoms with Gasteiger partial charge in [0.25, 0.3) is 0 Å². The Kier molecular flexibility index (Phi) is 4.87. The van der Waals surface area contributed by atoms with Crippen molar-refractivity contribution in [3.8, 4) is 11.5 Å². The minimum absolute atomic E-state index is 0.358. The number of aromatic nitrogens is 1. The average Bonchev–Trinajstić information content (AvgIpc) is 2.63. The number of carbonyl (C=O) groups excluding carboxylic acids is 1. The number of aryl methyl sites for hydroxylation is 1. The molecule has 0 saturated heterocycles. The maximum Gasteiger partial charge on any atom is 0.347 e. The van der Waals surface area contributed by atoms with Crippen LogP contribution in [0.5, 0.6) is 11.5 Å². The zero-order valence-electron chi connectivity index (χ0n) is 13.3. The molecule has 1 aromatic heterocycles. The van der Waals surface area contributed by atoms with Gasteiger partial charge in [0, 0.05) is 12.4 Å². The molecule has 3 rings (SSSR count). The molecular weight excluding hydrogens is 302 g/mol. The van der Waals surface area contributed by atoms with E-state index in [0.29, 0.717) is 23.7 Å². The molecule has 24 heavy (non-hydrogen) atoms. The minimum atomic E-state index is -0.436. The van der Waals surface area contributed by atoms with E-state index in [0.717, 1.165) is 11.1 Å². The number of para-hydroxylation sites is 2.